The summed E-state index contributed by atoms with van der Waals surface area (Å²) in [7, 11) is 1.62. The number of ketones is 1. The predicted octanol–water partition coefficient (Wildman–Crippen LogP) is 0.603. The number of hydrogen-bond acceptors (Lipinski definition) is 3. The van der Waals surface area contributed by atoms with Crippen LogP contribution in [0.4, 0.5) is 0 Å². The minimum absolute atomic E-state index is 0.0206. The standard InChI is InChI=1S/C10H17NO3/c1-3-4-8(7-14-2)11-6-9(12)5-10(11)13/h8H,3-7H2,1-2H3. The van der Waals surface area contributed by atoms with Gasteiger partial charge in [-0.15, -0.1) is 0 Å². The first-order valence-electron chi connectivity index (χ1n) is 4.99. The van der Waals surface area contributed by atoms with Crippen molar-refractivity contribution in [2.75, 3.05) is 20.3 Å². The summed E-state index contributed by atoms with van der Waals surface area (Å²) in [5.41, 5.74) is 0. The van der Waals surface area contributed by atoms with Crippen LogP contribution < -0.4 is 0 Å². The third-order valence-corrected chi connectivity index (χ3v) is 2.44. The summed E-state index contributed by atoms with van der Waals surface area (Å²) in [4.78, 5) is 24.1. The summed E-state index contributed by atoms with van der Waals surface area (Å²) in [6.45, 7) is 2.85. The van der Waals surface area contributed by atoms with Crippen LogP contribution in [0.1, 0.15) is 26.2 Å². The first-order valence-corrected chi connectivity index (χ1v) is 4.99. The molecule has 0 spiro atoms. The molecule has 1 fully saturated rings. The molecule has 0 aromatic rings. The van der Waals surface area contributed by atoms with Crippen LogP contribution >= 0.6 is 0 Å². The normalized spacial score (nSPS) is 19.1. The molecule has 0 aromatic heterocycles. The van der Waals surface area contributed by atoms with Gasteiger partial charge in [0.25, 0.3) is 0 Å². The molecule has 0 N–H and O–H groups in total. The minimum Gasteiger partial charge on any atom is -0.383 e. The van der Waals surface area contributed by atoms with E-state index in [0.29, 0.717) is 6.61 Å². The van der Waals surface area contributed by atoms with Crippen molar-refractivity contribution in [3.8, 4) is 0 Å². The lowest BCUT2D eigenvalue weighted by molar-refractivity contribution is -0.130. The maximum absolute atomic E-state index is 11.4. The van der Waals surface area contributed by atoms with Crippen LogP contribution in [0.5, 0.6) is 0 Å². The molecular formula is C10H17NO3. The van der Waals surface area contributed by atoms with E-state index in [0.717, 1.165) is 12.8 Å². The summed E-state index contributed by atoms with van der Waals surface area (Å²) in [5.74, 6) is -0.0299. The van der Waals surface area contributed by atoms with Crippen molar-refractivity contribution in [2.24, 2.45) is 0 Å². The monoisotopic (exact) mass is 199 g/mol. The summed E-state index contributed by atoms with van der Waals surface area (Å²) in [6, 6.07) is 0.0731. The number of Topliss-reactive ketones (excluding diaryl/α,β-unsaturated/α-hetero) is 1. The van der Waals surface area contributed by atoms with Gasteiger partial charge in [0.2, 0.25) is 5.91 Å². The first kappa shape index (κ1) is 11.2. The summed E-state index contributed by atoms with van der Waals surface area (Å²) in [6.07, 6.45) is 1.96. The zero-order valence-corrected chi connectivity index (χ0v) is 8.78. The quantitative estimate of drug-likeness (QED) is 0.609. The number of nitrogens with zero attached hydrogens (tertiary/aromatic N) is 1. The minimum atomic E-state index is -0.0505. The Balaban J connectivity index is 2.58. The largest absolute Gasteiger partial charge is 0.383 e. The van der Waals surface area contributed by atoms with Crippen molar-refractivity contribution in [1.29, 1.82) is 0 Å². The van der Waals surface area contributed by atoms with Crippen molar-refractivity contribution in [1.82, 2.24) is 4.90 Å². The Morgan fingerprint density at radius 3 is 2.64 bits per heavy atom. The van der Waals surface area contributed by atoms with Gasteiger partial charge in [-0.3, -0.25) is 9.59 Å². The van der Waals surface area contributed by atoms with Gasteiger partial charge in [0, 0.05) is 7.11 Å². The Kier molecular flexibility index (Phi) is 4.07. The van der Waals surface area contributed by atoms with Crippen LogP contribution in [-0.2, 0) is 14.3 Å². The van der Waals surface area contributed by atoms with Crippen molar-refractivity contribution < 1.29 is 14.3 Å². The van der Waals surface area contributed by atoms with E-state index in [4.69, 9.17) is 4.74 Å². The third kappa shape index (κ3) is 2.54. The molecule has 80 valence electrons. The van der Waals surface area contributed by atoms with Gasteiger partial charge in [-0.25, -0.2) is 0 Å². The Morgan fingerprint density at radius 2 is 2.21 bits per heavy atom. The highest BCUT2D eigenvalue weighted by molar-refractivity contribution is 6.05. The Hall–Kier alpha value is -0.900. The highest BCUT2D eigenvalue weighted by Crippen LogP contribution is 2.15. The van der Waals surface area contributed by atoms with Gasteiger partial charge in [-0.05, 0) is 6.42 Å². The molecule has 1 aliphatic heterocycles. The van der Waals surface area contributed by atoms with Crippen LogP contribution in [-0.4, -0.2) is 42.9 Å². The van der Waals surface area contributed by atoms with Gasteiger partial charge < -0.3 is 9.64 Å². The van der Waals surface area contributed by atoms with E-state index in [2.05, 4.69) is 6.92 Å². The van der Waals surface area contributed by atoms with E-state index in [9.17, 15) is 9.59 Å². The summed E-state index contributed by atoms with van der Waals surface area (Å²) < 4.78 is 5.05. The van der Waals surface area contributed by atoms with E-state index in [1.54, 1.807) is 12.0 Å². The number of carbonyl (C=O) groups excluding carboxylic acids is 2. The molecule has 1 saturated heterocycles. The molecule has 1 heterocycles. The fourth-order valence-electron chi connectivity index (χ4n) is 1.79. The zero-order valence-electron chi connectivity index (χ0n) is 8.78. The molecule has 1 atom stereocenters. The Labute approximate surface area is 84.2 Å². The molecule has 14 heavy (non-hydrogen) atoms. The molecule has 0 bridgehead atoms. The van der Waals surface area contributed by atoms with Gasteiger partial charge in [0.1, 0.15) is 0 Å². The predicted molar refractivity (Wildman–Crippen MR) is 51.9 cm³/mol. The molecule has 1 amide bonds. The SMILES string of the molecule is CCCC(COC)N1CC(=O)CC1=O. The molecule has 4 nitrogen and oxygen atoms in total. The molecule has 0 radical (unpaired) electrons. The second kappa shape index (κ2) is 5.10. The van der Waals surface area contributed by atoms with Crippen molar-refractivity contribution in [3.63, 3.8) is 0 Å². The fraction of sp³-hybridized carbons (Fsp3) is 0.800. The molecule has 1 rings (SSSR count). The summed E-state index contributed by atoms with van der Waals surface area (Å²) >= 11 is 0. The first-order chi connectivity index (χ1) is 6.69. The van der Waals surface area contributed by atoms with E-state index in [-0.39, 0.29) is 30.7 Å². The van der Waals surface area contributed by atoms with Crippen LogP contribution in [0.2, 0.25) is 0 Å². The smallest absolute Gasteiger partial charge is 0.230 e. The van der Waals surface area contributed by atoms with Crippen LogP contribution in [0.25, 0.3) is 0 Å². The van der Waals surface area contributed by atoms with Gasteiger partial charge in [-0.1, -0.05) is 13.3 Å². The van der Waals surface area contributed by atoms with E-state index in [1.165, 1.54) is 0 Å². The number of methoxy groups -OCH3 is 1. The molecule has 1 aliphatic rings. The Bertz CT molecular complexity index is 221. The highest BCUT2D eigenvalue weighted by Gasteiger charge is 2.32. The van der Waals surface area contributed by atoms with Crippen molar-refractivity contribution >= 4 is 11.7 Å². The van der Waals surface area contributed by atoms with Crippen LogP contribution in [0.3, 0.4) is 0 Å². The molecule has 0 aliphatic carbocycles. The van der Waals surface area contributed by atoms with E-state index < -0.39 is 0 Å². The Morgan fingerprint density at radius 1 is 1.50 bits per heavy atom. The van der Waals surface area contributed by atoms with Crippen LogP contribution in [0, 0.1) is 0 Å². The number of ether oxygens (including phenoxy) is 1. The molecule has 0 saturated carbocycles. The topological polar surface area (TPSA) is 46.6 Å². The zero-order chi connectivity index (χ0) is 10.6. The lowest BCUT2D eigenvalue weighted by Crippen LogP contribution is -2.39. The maximum Gasteiger partial charge on any atom is 0.230 e. The fourth-order valence-corrected chi connectivity index (χ4v) is 1.79. The second-order valence-corrected chi connectivity index (χ2v) is 3.63. The molecule has 0 aromatic carbocycles. The van der Waals surface area contributed by atoms with Crippen LogP contribution in [0.15, 0.2) is 0 Å². The lowest BCUT2D eigenvalue weighted by Gasteiger charge is -2.26. The third-order valence-electron chi connectivity index (χ3n) is 2.44. The number of likely N-dealkylation sites (tertiary alicyclic amines) is 1. The number of amides is 1. The summed E-state index contributed by atoms with van der Waals surface area (Å²) in [5, 5.41) is 0. The van der Waals surface area contributed by atoms with Crippen molar-refractivity contribution in [3.05, 3.63) is 0 Å². The van der Waals surface area contributed by atoms with Gasteiger partial charge in [0.05, 0.1) is 25.6 Å². The number of carbonyl (C=O) groups is 2. The van der Waals surface area contributed by atoms with E-state index in [1.807, 2.05) is 0 Å². The average Bonchev–Trinajstić information content (AvgIpc) is 2.45. The van der Waals surface area contributed by atoms with Gasteiger partial charge >= 0.3 is 0 Å². The van der Waals surface area contributed by atoms with Gasteiger partial charge in [0.15, 0.2) is 5.78 Å². The highest BCUT2D eigenvalue weighted by atomic mass is 16.5. The molecule has 4 heteroatoms. The molecule has 1 unspecified atom stereocenters. The van der Waals surface area contributed by atoms with Gasteiger partial charge in [-0.2, -0.15) is 0 Å². The number of rotatable bonds is 5. The maximum atomic E-state index is 11.4. The van der Waals surface area contributed by atoms with Crippen molar-refractivity contribution in [2.45, 2.75) is 32.2 Å². The molecular weight excluding hydrogens is 182 g/mol. The lowest BCUT2D eigenvalue weighted by atomic mass is 10.1. The average molecular weight is 199 g/mol. The second-order valence-electron chi connectivity index (χ2n) is 3.63. The number of hydrogen-bond donors (Lipinski definition) is 0. The van der Waals surface area contributed by atoms with E-state index >= 15 is 0 Å².